The van der Waals surface area contributed by atoms with Crippen LogP contribution in [0.1, 0.15) is 38.1 Å². The quantitative estimate of drug-likeness (QED) is 0.805. The second-order valence-electron chi connectivity index (χ2n) is 7.04. The summed E-state index contributed by atoms with van der Waals surface area (Å²) in [5, 5.41) is 10.0. The van der Waals surface area contributed by atoms with Crippen LogP contribution in [0.5, 0.6) is 0 Å². The van der Waals surface area contributed by atoms with Gasteiger partial charge in [0, 0.05) is 42.7 Å². The van der Waals surface area contributed by atoms with E-state index in [9.17, 15) is 0 Å². The largest absolute Gasteiger partial charge is 0.346 e. The second kappa shape index (κ2) is 5.32. The van der Waals surface area contributed by atoms with Gasteiger partial charge >= 0.3 is 0 Å². The van der Waals surface area contributed by atoms with Crippen molar-refractivity contribution in [1.29, 1.82) is 5.26 Å². The van der Waals surface area contributed by atoms with Gasteiger partial charge in [0.15, 0.2) is 0 Å². The van der Waals surface area contributed by atoms with E-state index < -0.39 is 0 Å². The number of aromatic nitrogens is 4. The van der Waals surface area contributed by atoms with E-state index in [-0.39, 0.29) is 0 Å². The number of nitriles is 1. The molecule has 0 radical (unpaired) electrons. The van der Waals surface area contributed by atoms with E-state index in [1.54, 1.807) is 0 Å². The summed E-state index contributed by atoms with van der Waals surface area (Å²) in [7, 11) is 0. The Bertz CT molecular complexity index is 918. The van der Waals surface area contributed by atoms with E-state index >= 15 is 0 Å². The topological polar surface area (TPSA) is 73.5 Å². The minimum Gasteiger partial charge on any atom is -0.346 e. The molecule has 1 N–H and O–H groups in total. The molecule has 2 aliphatic heterocycles. The van der Waals surface area contributed by atoms with Crippen molar-refractivity contribution >= 4 is 22.1 Å². The van der Waals surface area contributed by atoms with Crippen LogP contribution in [0.25, 0.3) is 22.1 Å². The molecule has 6 heteroatoms. The third kappa shape index (κ3) is 1.98. The molecule has 2 saturated heterocycles. The molecular formula is C18H20N6. The van der Waals surface area contributed by atoms with Crippen LogP contribution in [0.2, 0.25) is 0 Å². The summed E-state index contributed by atoms with van der Waals surface area (Å²) in [6.07, 6.45) is 11.3. The third-order valence-electron chi connectivity index (χ3n) is 5.85. The van der Waals surface area contributed by atoms with Gasteiger partial charge in [0.2, 0.25) is 0 Å². The van der Waals surface area contributed by atoms with Crippen molar-refractivity contribution in [3.63, 3.8) is 0 Å². The summed E-state index contributed by atoms with van der Waals surface area (Å²) >= 11 is 0. The zero-order valence-electron chi connectivity index (χ0n) is 13.5. The fraction of sp³-hybridized carbons (Fsp3) is 0.500. The zero-order valence-corrected chi connectivity index (χ0v) is 13.5. The number of pyridine rings is 1. The van der Waals surface area contributed by atoms with Gasteiger partial charge in [-0.15, -0.1) is 0 Å². The number of imidazole rings is 1. The first-order valence-corrected chi connectivity index (χ1v) is 8.76. The number of rotatable bonds is 3. The highest BCUT2D eigenvalue weighted by Gasteiger charge is 2.41. The molecule has 3 aromatic rings. The van der Waals surface area contributed by atoms with Crippen LogP contribution >= 0.6 is 0 Å². The molecular weight excluding hydrogens is 300 g/mol. The maximum absolute atomic E-state index is 8.89. The number of fused-ring (bicyclic) bond motifs is 5. The lowest BCUT2D eigenvalue weighted by molar-refractivity contribution is 0.111. The number of H-pyrrole nitrogens is 1. The Morgan fingerprint density at radius 2 is 2.04 bits per heavy atom. The van der Waals surface area contributed by atoms with Gasteiger partial charge in [0.05, 0.1) is 24.1 Å². The molecule has 5 heterocycles. The Hall–Kier alpha value is -2.39. The Labute approximate surface area is 140 Å². The molecule has 0 spiro atoms. The first-order chi connectivity index (χ1) is 11.8. The molecule has 6 nitrogen and oxygen atoms in total. The molecule has 122 valence electrons. The number of hydrogen-bond acceptors (Lipinski definition) is 4. The molecule has 0 saturated carbocycles. The van der Waals surface area contributed by atoms with Crippen molar-refractivity contribution in [2.75, 3.05) is 6.54 Å². The van der Waals surface area contributed by atoms with Crippen LogP contribution in [0.3, 0.4) is 0 Å². The molecule has 24 heavy (non-hydrogen) atoms. The lowest BCUT2D eigenvalue weighted by Crippen LogP contribution is -2.43. The normalized spacial score (nSPS) is 27.0. The van der Waals surface area contributed by atoms with E-state index in [4.69, 9.17) is 5.26 Å². The summed E-state index contributed by atoms with van der Waals surface area (Å²) in [4.78, 5) is 14.8. The monoisotopic (exact) mass is 320 g/mol. The van der Waals surface area contributed by atoms with Crippen LogP contribution < -0.4 is 0 Å². The Morgan fingerprint density at radius 1 is 1.21 bits per heavy atom. The lowest BCUT2D eigenvalue weighted by atomic mass is 9.96. The lowest BCUT2D eigenvalue weighted by Gasteiger charge is -2.39. The summed E-state index contributed by atoms with van der Waals surface area (Å²) in [5.74, 6) is 0. The van der Waals surface area contributed by atoms with Crippen molar-refractivity contribution in [3.8, 4) is 6.07 Å². The smallest absolute Gasteiger partial charge is 0.139 e. The Balaban J connectivity index is 1.51. The summed E-state index contributed by atoms with van der Waals surface area (Å²) in [6, 6.07) is 6.11. The molecule has 2 atom stereocenters. The van der Waals surface area contributed by atoms with Gasteiger partial charge in [-0.1, -0.05) is 0 Å². The minimum atomic E-state index is 0.492. The average molecular weight is 320 g/mol. The van der Waals surface area contributed by atoms with Crippen LogP contribution in [-0.2, 0) is 0 Å². The van der Waals surface area contributed by atoms with E-state index in [2.05, 4.69) is 36.6 Å². The van der Waals surface area contributed by atoms with Crippen molar-refractivity contribution in [1.82, 2.24) is 24.4 Å². The second-order valence-corrected chi connectivity index (χ2v) is 7.04. The highest BCUT2D eigenvalue weighted by molar-refractivity contribution is 6.00. The van der Waals surface area contributed by atoms with Crippen LogP contribution in [0, 0.1) is 11.3 Å². The van der Waals surface area contributed by atoms with Crippen molar-refractivity contribution in [3.05, 3.63) is 24.8 Å². The minimum absolute atomic E-state index is 0.492. The van der Waals surface area contributed by atoms with Crippen molar-refractivity contribution in [2.45, 2.75) is 50.2 Å². The van der Waals surface area contributed by atoms with Gasteiger partial charge in [-0.3, -0.25) is 4.90 Å². The maximum atomic E-state index is 8.89. The molecule has 2 aliphatic rings. The number of aromatic amines is 1. The number of nitrogens with zero attached hydrogens (tertiary/aromatic N) is 5. The van der Waals surface area contributed by atoms with Crippen molar-refractivity contribution in [2.24, 2.45) is 0 Å². The first-order valence-electron chi connectivity index (χ1n) is 8.76. The van der Waals surface area contributed by atoms with Crippen LogP contribution in [0.4, 0.5) is 0 Å². The van der Waals surface area contributed by atoms with Crippen LogP contribution in [-0.4, -0.2) is 43.0 Å². The van der Waals surface area contributed by atoms with Gasteiger partial charge in [-0.25, -0.2) is 9.97 Å². The highest BCUT2D eigenvalue weighted by atomic mass is 15.2. The summed E-state index contributed by atoms with van der Waals surface area (Å²) < 4.78 is 2.38. The van der Waals surface area contributed by atoms with Gasteiger partial charge in [0.25, 0.3) is 0 Å². The van der Waals surface area contributed by atoms with Crippen molar-refractivity contribution < 1.29 is 0 Å². The maximum Gasteiger partial charge on any atom is 0.139 e. The SMILES string of the molecule is N#CCCN1C2CCC1CC(n1cnc3cnc4[nH]ccc4c31)C2. The summed E-state index contributed by atoms with van der Waals surface area (Å²) in [6.45, 7) is 0.926. The van der Waals surface area contributed by atoms with E-state index in [1.807, 2.05) is 18.7 Å². The van der Waals surface area contributed by atoms with E-state index in [0.717, 1.165) is 35.9 Å². The molecule has 2 bridgehead atoms. The number of piperidine rings is 1. The number of nitrogens with one attached hydrogen (secondary N) is 1. The average Bonchev–Trinajstić information content (AvgIpc) is 3.28. The van der Waals surface area contributed by atoms with Crippen LogP contribution in [0.15, 0.2) is 24.8 Å². The molecule has 2 unspecified atom stereocenters. The standard InChI is InChI=1S/C18H20N6/c19-5-1-7-23-12-2-3-13(23)9-14(8-12)24-11-22-16-10-21-18-15(17(16)24)4-6-20-18/h4,6,10-14H,1-3,7-9H2,(H,20,21). The number of hydrogen-bond donors (Lipinski definition) is 1. The van der Waals surface area contributed by atoms with Gasteiger partial charge < -0.3 is 9.55 Å². The third-order valence-corrected chi connectivity index (χ3v) is 5.85. The predicted molar refractivity (Wildman–Crippen MR) is 91.4 cm³/mol. The fourth-order valence-corrected chi connectivity index (χ4v) is 4.82. The van der Waals surface area contributed by atoms with E-state index in [0.29, 0.717) is 24.5 Å². The van der Waals surface area contributed by atoms with Gasteiger partial charge in [0.1, 0.15) is 11.2 Å². The highest BCUT2D eigenvalue weighted by Crippen LogP contribution is 2.42. The van der Waals surface area contributed by atoms with Gasteiger partial charge in [-0.05, 0) is 31.7 Å². The molecule has 0 aliphatic carbocycles. The predicted octanol–water partition coefficient (Wildman–Crippen LogP) is 2.99. The van der Waals surface area contributed by atoms with Gasteiger partial charge in [-0.2, -0.15) is 5.26 Å². The Morgan fingerprint density at radius 3 is 2.83 bits per heavy atom. The summed E-state index contributed by atoms with van der Waals surface area (Å²) in [5.41, 5.74) is 3.11. The fourth-order valence-electron chi connectivity index (χ4n) is 4.82. The Kier molecular flexibility index (Phi) is 3.10. The molecule has 2 fully saturated rings. The first kappa shape index (κ1) is 14.0. The molecule has 0 amide bonds. The zero-order chi connectivity index (χ0) is 16.1. The molecule has 5 rings (SSSR count). The van der Waals surface area contributed by atoms with E-state index in [1.165, 1.54) is 18.4 Å². The molecule has 0 aromatic carbocycles. The molecule has 3 aromatic heterocycles.